The molecule has 2 aromatic carbocycles. The molecule has 1 heterocycles. The predicted octanol–water partition coefficient (Wildman–Crippen LogP) is 4.14. The fourth-order valence-electron chi connectivity index (χ4n) is 2.99. The number of hydrogen-bond donors (Lipinski definition) is 1. The highest BCUT2D eigenvalue weighted by Crippen LogP contribution is 2.35. The Balaban J connectivity index is 1.67. The van der Waals surface area contributed by atoms with Crippen molar-refractivity contribution in [3.63, 3.8) is 0 Å². The van der Waals surface area contributed by atoms with Gasteiger partial charge < -0.3 is 19.7 Å². The van der Waals surface area contributed by atoms with Gasteiger partial charge in [-0.25, -0.2) is 0 Å². The molecule has 1 aliphatic rings. The fourth-order valence-corrected chi connectivity index (χ4v) is 3.23. The number of hydrogen-bond acceptors (Lipinski definition) is 4. The zero-order chi connectivity index (χ0) is 20.1. The highest BCUT2D eigenvalue weighted by atomic mass is 35.5. The molecule has 0 atom stereocenters. The molecule has 1 saturated heterocycles. The number of halogens is 1. The summed E-state index contributed by atoms with van der Waals surface area (Å²) in [5.74, 6) is 0.736. The van der Waals surface area contributed by atoms with Crippen molar-refractivity contribution in [2.24, 2.45) is 0 Å². The second-order valence-electron chi connectivity index (χ2n) is 6.25. The van der Waals surface area contributed by atoms with Crippen LogP contribution in [0.1, 0.15) is 18.4 Å². The first kappa shape index (κ1) is 19.8. The van der Waals surface area contributed by atoms with Gasteiger partial charge in [-0.05, 0) is 36.3 Å². The van der Waals surface area contributed by atoms with Gasteiger partial charge in [0.15, 0.2) is 0 Å². The lowest BCUT2D eigenvalue weighted by Gasteiger charge is -2.15. The quantitative estimate of drug-likeness (QED) is 0.740. The first-order valence-electron chi connectivity index (χ1n) is 8.83. The van der Waals surface area contributed by atoms with Crippen molar-refractivity contribution in [1.29, 1.82) is 0 Å². The Bertz CT molecular complexity index is 909. The molecule has 0 unspecified atom stereocenters. The van der Waals surface area contributed by atoms with E-state index in [0.29, 0.717) is 28.6 Å². The number of amides is 2. The third kappa shape index (κ3) is 4.46. The van der Waals surface area contributed by atoms with E-state index in [9.17, 15) is 9.59 Å². The highest BCUT2D eigenvalue weighted by molar-refractivity contribution is 6.32. The van der Waals surface area contributed by atoms with Crippen LogP contribution in [0.25, 0.3) is 6.08 Å². The van der Waals surface area contributed by atoms with Gasteiger partial charge in [0, 0.05) is 30.8 Å². The molecule has 6 nitrogen and oxygen atoms in total. The smallest absolute Gasteiger partial charge is 0.248 e. The summed E-state index contributed by atoms with van der Waals surface area (Å²) >= 11 is 6.12. The Morgan fingerprint density at radius 3 is 2.46 bits per heavy atom. The van der Waals surface area contributed by atoms with Crippen molar-refractivity contribution in [2.75, 3.05) is 31.0 Å². The van der Waals surface area contributed by atoms with Gasteiger partial charge in [-0.1, -0.05) is 23.7 Å². The van der Waals surface area contributed by atoms with E-state index >= 15 is 0 Å². The number of methoxy groups -OCH3 is 2. The van der Waals surface area contributed by atoms with Crippen molar-refractivity contribution < 1.29 is 19.1 Å². The summed E-state index contributed by atoms with van der Waals surface area (Å²) in [5.41, 5.74) is 2.18. The molecule has 3 rings (SSSR count). The van der Waals surface area contributed by atoms with E-state index in [1.165, 1.54) is 20.3 Å². The Hall–Kier alpha value is -2.99. The molecular weight excluding hydrogens is 380 g/mol. The minimum Gasteiger partial charge on any atom is -0.495 e. The number of nitrogens with one attached hydrogen (secondary N) is 1. The molecule has 2 amide bonds. The van der Waals surface area contributed by atoms with Crippen LogP contribution in [0.2, 0.25) is 5.02 Å². The van der Waals surface area contributed by atoms with Crippen molar-refractivity contribution in [3.8, 4) is 11.5 Å². The number of carbonyl (C=O) groups is 2. The van der Waals surface area contributed by atoms with Gasteiger partial charge >= 0.3 is 0 Å². The Labute approximate surface area is 168 Å². The summed E-state index contributed by atoms with van der Waals surface area (Å²) in [6.07, 6.45) is 4.61. The summed E-state index contributed by atoms with van der Waals surface area (Å²) in [6.45, 7) is 0.753. The van der Waals surface area contributed by atoms with Crippen LogP contribution >= 0.6 is 11.6 Å². The molecule has 1 N–H and O–H groups in total. The number of ether oxygens (including phenoxy) is 2. The van der Waals surface area contributed by atoms with Crippen LogP contribution in [0.5, 0.6) is 11.5 Å². The molecule has 0 aromatic heterocycles. The van der Waals surface area contributed by atoms with Crippen molar-refractivity contribution in [3.05, 3.63) is 53.1 Å². The largest absolute Gasteiger partial charge is 0.495 e. The number of anilines is 2. The summed E-state index contributed by atoms with van der Waals surface area (Å²) in [4.78, 5) is 25.8. The molecule has 28 heavy (non-hydrogen) atoms. The van der Waals surface area contributed by atoms with Crippen LogP contribution in [0, 0.1) is 0 Å². The molecule has 0 spiro atoms. The van der Waals surface area contributed by atoms with Crippen LogP contribution in [0.15, 0.2) is 42.5 Å². The monoisotopic (exact) mass is 400 g/mol. The molecule has 7 heteroatoms. The van der Waals surface area contributed by atoms with E-state index in [0.717, 1.165) is 24.2 Å². The maximum Gasteiger partial charge on any atom is 0.248 e. The van der Waals surface area contributed by atoms with E-state index in [1.54, 1.807) is 23.1 Å². The predicted molar refractivity (Wildman–Crippen MR) is 110 cm³/mol. The molecule has 146 valence electrons. The number of benzene rings is 2. The van der Waals surface area contributed by atoms with Gasteiger partial charge in [-0.2, -0.15) is 0 Å². The van der Waals surface area contributed by atoms with Crippen molar-refractivity contribution in [1.82, 2.24) is 0 Å². The highest BCUT2D eigenvalue weighted by Gasteiger charge is 2.21. The Morgan fingerprint density at radius 1 is 1.14 bits per heavy atom. The molecule has 1 aliphatic heterocycles. The maximum absolute atomic E-state index is 12.3. The van der Waals surface area contributed by atoms with Crippen LogP contribution in [-0.2, 0) is 9.59 Å². The molecule has 0 bridgehead atoms. The zero-order valence-corrected chi connectivity index (χ0v) is 16.5. The standard InChI is InChI=1S/C21H21ClN2O4/c1-27-18-13-19(28-2)17(12-16(18)22)23-20(25)10-7-14-5-8-15(9-6-14)24-11-3-4-21(24)26/h5-10,12-13H,3-4,11H2,1-2H3,(H,23,25)/b10-7+. The molecule has 0 aliphatic carbocycles. The summed E-state index contributed by atoms with van der Waals surface area (Å²) in [6, 6.07) is 10.7. The lowest BCUT2D eigenvalue weighted by atomic mass is 10.2. The van der Waals surface area contributed by atoms with E-state index in [4.69, 9.17) is 21.1 Å². The van der Waals surface area contributed by atoms with Crippen LogP contribution in [0.3, 0.4) is 0 Å². The van der Waals surface area contributed by atoms with Gasteiger partial charge in [0.2, 0.25) is 11.8 Å². The average Bonchev–Trinajstić information content (AvgIpc) is 3.13. The molecular formula is C21H21ClN2O4. The average molecular weight is 401 g/mol. The first-order valence-corrected chi connectivity index (χ1v) is 9.20. The zero-order valence-electron chi connectivity index (χ0n) is 15.7. The number of rotatable bonds is 6. The lowest BCUT2D eigenvalue weighted by Crippen LogP contribution is -2.23. The second kappa shape index (κ2) is 8.80. The van der Waals surface area contributed by atoms with E-state index in [-0.39, 0.29) is 11.8 Å². The summed E-state index contributed by atoms with van der Waals surface area (Å²) < 4.78 is 10.4. The minimum atomic E-state index is -0.321. The first-order chi connectivity index (χ1) is 13.5. The lowest BCUT2D eigenvalue weighted by molar-refractivity contribution is -0.117. The number of nitrogens with zero attached hydrogens (tertiary/aromatic N) is 1. The normalized spacial score (nSPS) is 13.8. The topological polar surface area (TPSA) is 67.9 Å². The van der Waals surface area contributed by atoms with Crippen molar-refractivity contribution >= 4 is 40.9 Å². The van der Waals surface area contributed by atoms with Gasteiger partial charge in [-0.15, -0.1) is 0 Å². The maximum atomic E-state index is 12.3. The fraction of sp³-hybridized carbons (Fsp3) is 0.238. The van der Waals surface area contributed by atoms with E-state index < -0.39 is 0 Å². The van der Waals surface area contributed by atoms with E-state index in [2.05, 4.69) is 5.32 Å². The van der Waals surface area contributed by atoms with Gasteiger partial charge in [0.05, 0.1) is 24.9 Å². The molecule has 0 saturated carbocycles. The third-order valence-corrected chi connectivity index (χ3v) is 4.73. The molecule has 1 fully saturated rings. The SMILES string of the molecule is COc1cc(OC)c(NC(=O)/C=C/c2ccc(N3CCCC3=O)cc2)cc1Cl. The molecule has 0 radical (unpaired) electrons. The molecule has 2 aromatic rings. The summed E-state index contributed by atoms with van der Waals surface area (Å²) in [7, 11) is 3.01. The van der Waals surface area contributed by atoms with Crippen LogP contribution in [-0.4, -0.2) is 32.6 Å². The second-order valence-corrected chi connectivity index (χ2v) is 6.66. The van der Waals surface area contributed by atoms with E-state index in [1.807, 2.05) is 24.3 Å². The third-order valence-electron chi connectivity index (χ3n) is 4.44. The van der Waals surface area contributed by atoms with Crippen molar-refractivity contribution in [2.45, 2.75) is 12.8 Å². The van der Waals surface area contributed by atoms with Gasteiger partial charge in [-0.3, -0.25) is 9.59 Å². The van der Waals surface area contributed by atoms with Crippen LogP contribution < -0.4 is 19.7 Å². The Morgan fingerprint density at radius 2 is 1.86 bits per heavy atom. The summed E-state index contributed by atoms with van der Waals surface area (Å²) in [5, 5.41) is 3.11. The minimum absolute atomic E-state index is 0.148. The van der Waals surface area contributed by atoms with Crippen LogP contribution in [0.4, 0.5) is 11.4 Å². The Kier molecular flexibility index (Phi) is 6.21. The van der Waals surface area contributed by atoms with Gasteiger partial charge in [0.25, 0.3) is 0 Å². The van der Waals surface area contributed by atoms with Gasteiger partial charge in [0.1, 0.15) is 11.5 Å². The number of carbonyl (C=O) groups excluding carboxylic acids is 2.